The highest BCUT2D eigenvalue weighted by molar-refractivity contribution is 7.99. The molecule has 0 fully saturated rings. The zero-order chi connectivity index (χ0) is 18.0. The Labute approximate surface area is 156 Å². The number of carbonyl (C=O) groups is 1. The molecule has 0 saturated carbocycles. The van der Waals surface area contributed by atoms with Crippen LogP contribution in [-0.4, -0.2) is 16.2 Å². The topological polar surface area (TPSA) is 34.4 Å². The van der Waals surface area contributed by atoms with E-state index < -0.39 is 0 Å². The maximum Gasteiger partial charge on any atom is 0.279 e. The summed E-state index contributed by atoms with van der Waals surface area (Å²) in [5.74, 6) is 0.838. The van der Waals surface area contributed by atoms with E-state index in [9.17, 15) is 4.79 Å². The zero-order valence-corrected chi connectivity index (χ0v) is 16.6. The molecule has 3 aromatic rings. The van der Waals surface area contributed by atoms with Gasteiger partial charge in [-0.25, -0.2) is 0 Å². The van der Waals surface area contributed by atoms with Crippen LogP contribution in [0.15, 0.2) is 46.3 Å². The third-order valence-electron chi connectivity index (χ3n) is 4.22. The summed E-state index contributed by atoms with van der Waals surface area (Å²) in [5.41, 5.74) is 4.30. The van der Waals surface area contributed by atoms with Gasteiger partial charge in [-0.1, -0.05) is 18.3 Å². The average molecular weight is 371 g/mol. The smallest absolute Gasteiger partial charge is 0.279 e. The van der Waals surface area contributed by atoms with Gasteiger partial charge in [0.1, 0.15) is 0 Å². The minimum Gasteiger partial charge on any atom is -0.317 e. The molecule has 1 aromatic heterocycles. The van der Waals surface area contributed by atoms with Gasteiger partial charge in [0.2, 0.25) is 0 Å². The van der Waals surface area contributed by atoms with Gasteiger partial charge in [0.25, 0.3) is 5.91 Å². The molecule has 0 atom stereocenters. The Balaban J connectivity index is 2.03. The molecule has 130 valence electrons. The predicted octanol–water partition coefficient (Wildman–Crippen LogP) is 5.19. The molecule has 0 N–H and O–H groups in total. The van der Waals surface area contributed by atoms with Gasteiger partial charge < -0.3 is 4.57 Å². The first-order valence-electron chi connectivity index (χ1n) is 8.46. The number of amides is 1. The molecule has 5 heteroatoms. The number of aryl methyl sites for hydroxylation is 3. The van der Waals surface area contributed by atoms with Gasteiger partial charge in [0.05, 0.1) is 10.2 Å². The van der Waals surface area contributed by atoms with E-state index in [4.69, 9.17) is 0 Å². The molecule has 2 aromatic carbocycles. The number of rotatable bonds is 4. The maximum atomic E-state index is 12.6. The Hall–Kier alpha value is -1.85. The second-order valence-corrected chi connectivity index (χ2v) is 8.25. The molecule has 1 amide bonds. The summed E-state index contributed by atoms with van der Waals surface area (Å²) in [6, 6.07) is 12.1. The van der Waals surface area contributed by atoms with E-state index in [0.29, 0.717) is 5.56 Å². The Morgan fingerprint density at radius 2 is 1.80 bits per heavy atom. The fraction of sp³-hybridized carbons (Fsp3) is 0.300. The molecule has 0 unspecified atom stereocenters. The van der Waals surface area contributed by atoms with E-state index in [0.717, 1.165) is 22.6 Å². The zero-order valence-electron chi connectivity index (χ0n) is 15.0. The molecule has 0 bridgehead atoms. The molecular weight excluding hydrogens is 348 g/mol. The van der Waals surface area contributed by atoms with Crippen LogP contribution in [0.4, 0.5) is 0 Å². The van der Waals surface area contributed by atoms with E-state index >= 15 is 0 Å². The lowest BCUT2D eigenvalue weighted by atomic mass is 10.1. The van der Waals surface area contributed by atoms with E-state index in [1.54, 1.807) is 23.1 Å². The third kappa shape index (κ3) is 3.72. The lowest BCUT2D eigenvalue weighted by molar-refractivity contribution is 0.0998. The molecule has 0 aliphatic carbocycles. The van der Waals surface area contributed by atoms with Crippen LogP contribution in [0, 0.1) is 13.8 Å². The van der Waals surface area contributed by atoms with Crippen LogP contribution in [0.1, 0.15) is 35.3 Å². The molecule has 25 heavy (non-hydrogen) atoms. The van der Waals surface area contributed by atoms with Gasteiger partial charge >= 0.3 is 0 Å². The fourth-order valence-corrected chi connectivity index (χ4v) is 4.56. The summed E-state index contributed by atoms with van der Waals surface area (Å²) < 4.78 is 3.29. The molecule has 1 heterocycles. The van der Waals surface area contributed by atoms with Crippen LogP contribution in [0.5, 0.6) is 0 Å². The minimum atomic E-state index is -0.185. The van der Waals surface area contributed by atoms with E-state index in [2.05, 4.69) is 49.4 Å². The number of nitrogens with zero attached hydrogens (tertiary/aromatic N) is 2. The summed E-state index contributed by atoms with van der Waals surface area (Å²) in [5, 5.41) is 0. The van der Waals surface area contributed by atoms with Crippen LogP contribution < -0.4 is 4.80 Å². The highest BCUT2D eigenvalue weighted by Gasteiger charge is 2.10. The van der Waals surface area contributed by atoms with E-state index in [1.807, 2.05) is 24.3 Å². The first-order valence-corrected chi connectivity index (χ1v) is 10.3. The van der Waals surface area contributed by atoms with Crippen molar-refractivity contribution in [3.05, 3.63) is 57.9 Å². The number of thiazole rings is 1. The number of hydrogen-bond acceptors (Lipinski definition) is 3. The standard InChI is InChI=1S/C20H22N2OS2/c1-5-22-17-11-13(3)14(4)12-18(17)25-20(22)21-19(23)15-7-9-16(10-8-15)24-6-2/h7-12H,5-6H2,1-4H3. The van der Waals surface area contributed by atoms with Gasteiger partial charge in [-0.2, -0.15) is 4.99 Å². The van der Waals surface area contributed by atoms with E-state index in [1.165, 1.54) is 20.7 Å². The average Bonchev–Trinajstić information content (AvgIpc) is 2.92. The molecule has 3 nitrogen and oxygen atoms in total. The first kappa shape index (κ1) is 18.0. The maximum absolute atomic E-state index is 12.6. The Morgan fingerprint density at radius 1 is 1.12 bits per heavy atom. The lowest BCUT2D eigenvalue weighted by Crippen LogP contribution is -2.15. The van der Waals surface area contributed by atoms with Crippen LogP contribution in [0.2, 0.25) is 0 Å². The second-order valence-electron chi connectivity index (χ2n) is 5.91. The summed E-state index contributed by atoms with van der Waals surface area (Å²) in [6.45, 7) is 9.22. The quantitative estimate of drug-likeness (QED) is 0.592. The summed E-state index contributed by atoms with van der Waals surface area (Å²) in [7, 11) is 0. The number of aromatic nitrogens is 1. The van der Waals surface area contributed by atoms with Gasteiger partial charge in [-0.3, -0.25) is 4.79 Å². The lowest BCUT2D eigenvalue weighted by Gasteiger charge is -2.03. The predicted molar refractivity (Wildman–Crippen MR) is 108 cm³/mol. The van der Waals surface area contributed by atoms with Gasteiger partial charge in [-0.05, 0) is 74.0 Å². The third-order valence-corrected chi connectivity index (χ3v) is 6.16. The molecule has 0 spiro atoms. The van der Waals surface area contributed by atoms with Crippen molar-refractivity contribution in [1.82, 2.24) is 4.57 Å². The van der Waals surface area contributed by atoms with Gasteiger partial charge in [0.15, 0.2) is 4.80 Å². The summed E-state index contributed by atoms with van der Waals surface area (Å²) >= 11 is 3.34. The number of fused-ring (bicyclic) bond motifs is 1. The molecule has 0 aliphatic rings. The van der Waals surface area contributed by atoms with Gasteiger partial charge in [-0.15, -0.1) is 11.8 Å². The molecule has 0 radical (unpaired) electrons. The van der Waals surface area contributed by atoms with Crippen molar-refractivity contribution in [1.29, 1.82) is 0 Å². The van der Waals surface area contributed by atoms with Crippen molar-refractivity contribution in [3.8, 4) is 0 Å². The van der Waals surface area contributed by atoms with Crippen molar-refractivity contribution in [3.63, 3.8) is 0 Å². The van der Waals surface area contributed by atoms with Crippen molar-refractivity contribution < 1.29 is 4.79 Å². The Bertz CT molecular complexity index is 981. The highest BCUT2D eigenvalue weighted by Crippen LogP contribution is 2.22. The second kappa shape index (κ2) is 7.58. The van der Waals surface area contributed by atoms with Crippen molar-refractivity contribution >= 4 is 39.2 Å². The molecule has 0 saturated heterocycles. The normalized spacial score (nSPS) is 12.1. The summed E-state index contributed by atoms with van der Waals surface area (Å²) in [4.78, 5) is 18.9. The Morgan fingerprint density at radius 3 is 2.44 bits per heavy atom. The summed E-state index contributed by atoms with van der Waals surface area (Å²) in [6.07, 6.45) is 0. The van der Waals surface area contributed by atoms with Crippen LogP contribution in [-0.2, 0) is 6.54 Å². The first-order chi connectivity index (χ1) is 12.0. The molecule has 3 rings (SSSR count). The number of carbonyl (C=O) groups excluding carboxylic acids is 1. The van der Waals surface area contributed by atoms with Gasteiger partial charge in [0, 0.05) is 17.0 Å². The fourth-order valence-electron chi connectivity index (χ4n) is 2.72. The molecular formula is C20H22N2OS2. The SMILES string of the molecule is CCSc1ccc(C(=O)N=c2sc3cc(C)c(C)cc3n2CC)cc1. The van der Waals surface area contributed by atoms with E-state index in [-0.39, 0.29) is 5.91 Å². The van der Waals surface area contributed by atoms with Crippen molar-refractivity contribution in [2.45, 2.75) is 39.1 Å². The van der Waals surface area contributed by atoms with Crippen LogP contribution >= 0.6 is 23.1 Å². The number of benzene rings is 2. The number of thioether (sulfide) groups is 1. The van der Waals surface area contributed by atoms with Crippen LogP contribution in [0.25, 0.3) is 10.2 Å². The van der Waals surface area contributed by atoms with Crippen LogP contribution in [0.3, 0.4) is 0 Å². The minimum absolute atomic E-state index is 0.185. The van der Waals surface area contributed by atoms with Crippen molar-refractivity contribution in [2.75, 3.05) is 5.75 Å². The largest absolute Gasteiger partial charge is 0.317 e. The highest BCUT2D eigenvalue weighted by atomic mass is 32.2. The molecule has 0 aliphatic heterocycles. The monoisotopic (exact) mass is 370 g/mol. The van der Waals surface area contributed by atoms with Crippen molar-refractivity contribution in [2.24, 2.45) is 4.99 Å². The number of hydrogen-bond donors (Lipinski definition) is 0. The Kier molecular flexibility index (Phi) is 5.45.